The standard InChI is InChI=1S/C25H32N4O2/c1-17-6-5-7-23(19(17)3)29-16-20(15-24(29)30)25(31)26-22-9-8-21(14-18(22)2)28-12-10-27(4)11-13-28/h5-9,14,20H,10-13,15-16H2,1-4H3,(H,26,31)/t20-/m1/s1. The molecule has 2 aromatic carbocycles. The second-order valence-corrected chi connectivity index (χ2v) is 8.90. The first-order valence-corrected chi connectivity index (χ1v) is 11.0. The summed E-state index contributed by atoms with van der Waals surface area (Å²) >= 11 is 0. The average Bonchev–Trinajstić information content (AvgIpc) is 3.13. The number of piperazine rings is 1. The van der Waals surface area contributed by atoms with Gasteiger partial charge in [-0.15, -0.1) is 0 Å². The summed E-state index contributed by atoms with van der Waals surface area (Å²) in [5.41, 5.74) is 6.20. The van der Waals surface area contributed by atoms with E-state index in [1.54, 1.807) is 4.90 Å². The quantitative estimate of drug-likeness (QED) is 0.824. The van der Waals surface area contributed by atoms with E-state index in [2.05, 4.69) is 34.3 Å². The van der Waals surface area contributed by atoms with Crippen LogP contribution in [0, 0.1) is 26.7 Å². The summed E-state index contributed by atoms with van der Waals surface area (Å²) in [6, 6.07) is 12.2. The Hall–Kier alpha value is -2.86. The van der Waals surface area contributed by atoms with Crippen LogP contribution in [0.25, 0.3) is 0 Å². The topological polar surface area (TPSA) is 55.9 Å². The highest BCUT2D eigenvalue weighted by molar-refractivity contribution is 6.04. The number of anilines is 3. The van der Waals surface area contributed by atoms with Crippen molar-refractivity contribution in [2.45, 2.75) is 27.2 Å². The van der Waals surface area contributed by atoms with Crippen molar-refractivity contribution >= 4 is 28.9 Å². The van der Waals surface area contributed by atoms with E-state index in [0.717, 1.165) is 54.2 Å². The van der Waals surface area contributed by atoms with Crippen molar-refractivity contribution in [2.75, 3.05) is 54.9 Å². The highest BCUT2D eigenvalue weighted by atomic mass is 16.2. The van der Waals surface area contributed by atoms with Crippen LogP contribution in [0.5, 0.6) is 0 Å². The Labute approximate surface area is 184 Å². The zero-order valence-corrected chi connectivity index (χ0v) is 18.9. The predicted molar refractivity (Wildman–Crippen MR) is 126 cm³/mol. The molecule has 4 rings (SSSR count). The minimum absolute atomic E-state index is 0.0102. The first kappa shape index (κ1) is 21.4. The molecule has 0 saturated carbocycles. The molecule has 0 unspecified atom stereocenters. The second kappa shape index (κ2) is 8.71. The number of likely N-dealkylation sites (N-methyl/N-ethyl adjacent to an activating group) is 1. The molecule has 2 aliphatic heterocycles. The molecule has 2 aromatic rings. The first-order chi connectivity index (χ1) is 14.8. The fourth-order valence-electron chi connectivity index (χ4n) is 4.43. The fourth-order valence-corrected chi connectivity index (χ4v) is 4.43. The molecular formula is C25H32N4O2. The van der Waals surface area contributed by atoms with Gasteiger partial charge < -0.3 is 20.0 Å². The van der Waals surface area contributed by atoms with Crippen LogP contribution in [0.15, 0.2) is 36.4 Å². The van der Waals surface area contributed by atoms with Gasteiger partial charge in [-0.1, -0.05) is 12.1 Å². The number of carbonyl (C=O) groups is 2. The lowest BCUT2D eigenvalue weighted by molar-refractivity contribution is -0.122. The highest BCUT2D eigenvalue weighted by Gasteiger charge is 2.36. The van der Waals surface area contributed by atoms with Crippen molar-refractivity contribution < 1.29 is 9.59 Å². The summed E-state index contributed by atoms with van der Waals surface area (Å²) in [4.78, 5) is 32.1. The summed E-state index contributed by atoms with van der Waals surface area (Å²) in [6.07, 6.45) is 0.248. The van der Waals surface area contributed by atoms with Gasteiger partial charge in [-0.3, -0.25) is 9.59 Å². The Kier molecular flexibility index (Phi) is 6.01. The molecule has 2 saturated heterocycles. The zero-order valence-electron chi connectivity index (χ0n) is 18.9. The Morgan fingerprint density at radius 1 is 1.00 bits per heavy atom. The SMILES string of the molecule is Cc1cc(N2CCN(C)CC2)ccc1NC(=O)[C@@H]1CC(=O)N(c2cccc(C)c2C)C1. The maximum absolute atomic E-state index is 13.0. The van der Waals surface area contributed by atoms with Crippen LogP contribution in [-0.2, 0) is 9.59 Å². The van der Waals surface area contributed by atoms with Gasteiger partial charge in [0.15, 0.2) is 0 Å². The molecular weight excluding hydrogens is 388 g/mol. The number of amides is 2. The first-order valence-electron chi connectivity index (χ1n) is 11.0. The Bertz CT molecular complexity index is 995. The highest BCUT2D eigenvalue weighted by Crippen LogP contribution is 2.30. The molecule has 164 valence electrons. The third-order valence-corrected chi connectivity index (χ3v) is 6.70. The van der Waals surface area contributed by atoms with E-state index in [4.69, 9.17) is 0 Å². The van der Waals surface area contributed by atoms with Crippen molar-refractivity contribution in [3.8, 4) is 0 Å². The Balaban J connectivity index is 1.43. The molecule has 0 spiro atoms. The number of carbonyl (C=O) groups excluding carboxylic acids is 2. The Morgan fingerprint density at radius 2 is 1.74 bits per heavy atom. The van der Waals surface area contributed by atoms with Crippen molar-refractivity contribution in [1.29, 1.82) is 0 Å². The monoisotopic (exact) mass is 420 g/mol. The molecule has 2 amide bonds. The second-order valence-electron chi connectivity index (χ2n) is 8.90. The molecule has 0 aromatic heterocycles. The van der Waals surface area contributed by atoms with Crippen LogP contribution in [0.4, 0.5) is 17.1 Å². The third-order valence-electron chi connectivity index (χ3n) is 6.70. The fraction of sp³-hybridized carbons (Fsp3) is 0.440. The van der Waals surface area contributed by atoms with Crippen LogP contribution in [0.1, 0.15) is 23.1 Å². The molecule has 6 nitrogen and oxygen atoms in total. The van der Waals surface area contributed by atoms with Crippen molar-refractivity contribution in [3.63, 3.8) is 0 Å². The maximum Gasteiger partial charge on any atom is 0.229 e. The van der Waals surface area contributed by atoms with Crippen LogP contribution >= 0.6 is 0 Å². The van der Waals surface area contributed by atoms with Gasteiger partial charge in [-0.25, -0.2) is 0 Å². The van der Waals surface area contributed by atoms with E-state index in [1.807, 2.05) is 45.0 Å². The Morgan fingerprint density at radius 3 is 2.45 bits per heavy atom. The van der Waals surface area contributed by atoms with Gasteiger partial charge in [0.05, 0.1) is 5.92 Å². The molecule has 2 heterocycles. The van der Waals surface area contributed by atoms with E-state index in [9.17, 15) is 9.59 Å². The van der Waals surface area contributed by atoms with Crippen molar-refractivity contribution in [2.24, 2.45) is 5.92 Å². The number of hydrogen-bond acceptors (Lipinski definition) is 4. The minimum atomic E-state index is -0.343. The molecule has 1 N–H and O–H groups in total. The van der Waals surface area contributed by atoms with Gasteiger partial charge in [0.25, 0.3) is 0 Å². The van der Waals surface area contributed by atoms with Crippen LogP contribution in [0.2, 0.25) is 0 Å². The number of nitrogens with one attached hydrogen (secondary N) is 1. The molecule has 0 aliphatic carbocycles. The van der Waals surface area contributed by atoms with Crippen molar-refractivity contribution in [1.82, 2.24) is 4.90 Å². The van der Waals surface area contributed by atoms with Gasteiger partial charge in [-0.05, 0) is 68.8 Å². The average molecular weight is 421 g/mol. The largest absolute Gasteiger partial charge is 0.369 e. The third kappa shape index (κ3) is 4.44. The van der Waals surface area contributed by atoms with Gasteiger partial charge in [-0.2, -0.15) is 0 Å². The summed E-state index contributed by atoms with van der Waals surface area (Å²) < 4.78 is 0. The molecule has 0 radical (unpaired) electrons. The minimum Gasteiger partial charge on any atom is -0.369 e. The van der Waals surface area contributed by atoms with Crippen LogP contribution < -0.4 is 15.1 Å². The summed E-state index contributed by atoms with van der Waals surface area (Å²) in [5.74, 6) is -0.420. The van der Waals surface area contributed by atoms with E-state index < -0.39 is 0 Å². The lowest BCUT2D eigenvalue weighted by Gasteiger charge is -2.34. The number of hydrogen-bond donors (Lipinski definition) is 1. The molecule has 31 heavy (non-hydrogen) atoms. The molecule has 1 atom stereocenters. The number of nitrogens with zero attached hydrogens (tertiary/aromatic N) is 3. The van der Waals surface area contributed by atoms with Gasteiger partial charge in [0, 0.05) is 56.2 Å². The number of rotatable bonds is 4. The molecule has 0 bridgehead atoms. The van der Waals surface area contributed by atoms with Crippen molar-refractivity contribution in [3.05, 3.63) is 53.1 Å². The molecule has 6 heteroatoms. The number of aryl methyl sites for hydroxylation is 2. The van der Waals surface area contributed by atoms with E-state index in [-0.39, 0.29) is 24.2 Å². The van der Waals surface area contributed by atoms with Gasteiger partial charge in [0.1, 0.15) is 0 Å². The van der Waals surface area contributed by atoms with E-state index >= 15 is 0 Å². The normalized spacial score (nSPS) is 19.7. The van der Waals surface area contributed by atoms with Crippen LogP contribution in [0.3, 0.4) is 0 Å². The van der Waals surface area contributed by atoms with E-state index in [0.29, 0.717) is 6.54 Å². The number of benzene rings is 2. The maximum atomic E-state index is 13.0. The summed E-state index contributed by atoms with van der Waals surface area (Å²) in [7, 11) is 2.15. The van der Waals surface area contributed by atoms with Crippen LogP contribution in [-0.4, -0.2) is 56.5 Å². The zero-order chi connectivity index (χ0) is 22.1. The molecule has 2 fully saturated rings. The van der Waals surface area contributed by atoms with Gasteiger partial charge >= 0.3 is 0 Å². The summed E-state index contributed by atoms with van der Waals surface area (Å²) in [6.45, 7) is 10.7. The lowest BCUT2D eigenvalue weighted by Crippen LogP contribution is -2.44. The van der Waals surface area contributed by atoms with E-state index in [1.165, 1.54) is 5.69 Å². The predicted octanol–water partition coefficient (Wildman–Crippen LogP) is 3.36. The summed E-state index contributed by atoms with van der Waals surface area (Å²) in [5, 5.41) is 3.06. The lowest BCUT2D eigenvalue weighted by atomic mass is 10.1. The van der Waals surface area contributed by atoms with Gasteiger partial charge in [0.2, 0.25) is 11.8 Å². The molecule has 2 aliphatic rings. The smallest absolute Gasteiger partial charge is 0.229 e.